The lowest BCUT2D eigenvalue weighted by atomic mass is 10.3. The average molecular weight is 240 g/mol. The van der Waals surface area contributed by atoms with Gasteiger partial charge in [0.2, 0.25) is 0 Å². The number of hydrogen-bond donors (Lipinski definition) is 1. The Morgan fingerprint density at radius 3 is 2.50 bits per heavy atom. The van der Waals surface area contributed by atoms with E-state index in [4.69, 9.17) is 4.74 Å². The molecular weight excluding hydrogens is 228 g/mol. The molecule has 0 spiro atoms. The van der Waals surface area contributed by atoms with Crippen LogP contribution in [0.1, 0.15) is 6.42 Å². The standard InChI is InChI=1S/C11H12O4S/c12-8-6-9-10(15-9)11(8)16(13,14)7-4-2-1-3-5-7/h1-5,8-12H,6H2/t8-,9-,10+,11+/m1/s1. The van der Waals surface area contributed by atoms with Gasteiger partial charge < -0.3 is 9.84 Å². The summed E-state index contributed by atoms with van der Waals surface area (Å²) in [4.78, 5) is 0.259. The van der Waals surface area contributed by atoms with Crippen LogP contribution in [-0.4, -0.2) is 37.1 Å². The van der Waals surface area contributed by atoms with Crippen molar-refractivity contribution >= 4 is 9.84 Å². The summed E-state index contributed by atoms with van der Waals surface area (Å²) in [5.41, 5.74) is 0. The van der Waals surface area contributed by atoms with Gasteiger partial charge in [-0.3, -0.25) is 0 Å². The third-order valence-electron chi connectivity index (χ3n) is 3.23. The van der Waals surface area contributed by atoms with Crippen LogP contribution in [0.2, 0.25) is 0 Å². The molecule has 1 saturated carbocycles. The van der Waals surface area contributed by atoms with Gasteiger partial charge in [0.05, 0.1) is 17.1 Å². The molecule has 4 nitrogen and oxygen atoms in total. The maximum atomic E-state index is 12.2. The Morgan fingerprint density at radius 1 is 1.25 bits per heavy atom. The molecular formula is C11H12O4S. The highest BCUT2D eigenvalue weighted by Crippen LogP contribution is 2.43. The van der Waals surface area contributed by atoms with Gasteiger partial charge in [0.1, 0.15) is 11.4 Å². The molecule has 4 atom stereocenters. The van der Waals surface area contributed by atoms with E-state index in [0.717, 1.165) is 0 Å². The minimum Gasteiger partial charge on any atom is -0.392 e. The third-order valence-corrected chi connectivity index (χ3v) is 5.46. The van der Waals surface area contributed by atoms with Gasteiger partial charge in [-0.2, -0.15) is 0 Å². The Bertz CT molecular complexity index is 494. The Balaban J connectivity index is 2.00. The van der Waals surface area contributed by atoms with Gasteiger partial charge in [-0.15, -0.1) is 0 Å². The highest BCUT2D eigenvalue weighted by Gasteiger charge is 2.60. The molecule has 1 aliphatic carbocycles. The molecule has 3 rings (SSSR count). The topological polar surface area (TPSA) is 66.9 Å². The predicted molar refractivity (Wildman–Crippen MR) is 56.7 cm³/mol. The number of aliphatic hydroxyl groups is 1. The van der Waals surface area contributed by atoms with Crippen molar-refractivity contribution in [3.05, 3.63) is 30.3 Å². The van der Waals surface area contributed by atoms with E-state index in [1.54, 1.807) is 30.3 Å². The van der Waals surface area contributed by atoms with E-state index in [0.29, 0.717) is 6.42 Å². The molecule has 0 aromatic heterocycles. The summed E-state index contributed by atoms with van der Waals surface area (Å²) in [7, 11) is -3.47. The van der Waals surface area contributed by atoms with Crippen molar-refractivity contribution in [1.82, 2.24) is 0 Å². The number of rotatable bonds is 2. The first kappa shape index (κ1) is 10.3. The fraction of sp³-hybridized carbons (Fsp3) is 0.455. The summed E-state index contributed by atoms with van der Waals surface area (Å²) in [5, 5.41) is 8.94. The van der Waals surface area contributed by atoms with Crippen molar-refractivity contribution in [3.8, 4) is 0 Å². The van der Waals surface area contributed by atoms with Gasteiger partial charge in [-0.25, -0.2) is 8.42 Å². The largest absolute Gasteiger partial charge is 0.392 e. The number of ether oxygens (including phenoxy) is 1. The van der Waals surface area contributed by atoms with E-state index in [1.165, 1.54) is 0 Å². The van der Waals surface area contributed by atoms with Crippen molar-refractivity contribution in [1.29, 1.82) is 0 Å². The van der Waals surface area contributed by atoms with Crippen LogP contribution in [0.3, 0.4) is 0 Å². The number of aliphatic hydroxyl groups excluding tert-OH is 1. The van der Waals surface area contributed by atoms with E-state index >= 15 is 0 Å². The molecule has 2 fully saturated rings. The third kappa shape index (κ3) is 1.39. The smallest absolute Gasteiger partial charge is 0.186 e. The fourth-order valence-corrected chi connectivity index (χ4v) is 4.34. The molecule has 0 radical (unpaired) electrons. The van der Waals surface area contributed by atoms with Crippen LogP contribution >= 0.6 is 0 Å². The molecule has 5 heteroatoms. The van der Waals surface area contributed by atoms with Gasteiger partial charge >= 0.3 is 0 Å². The van der Waals surface area contributed by atoms with Gasteiger partial charge in [-0.05, 0) is 12.1 Å². The van der Waals surface area contributed by atoms with Crippen molar-refractivity contribution in [2.45, 2.75) is 34.9 Å². The first-order valence-electron chi connectivity index (χ1n) is 5.23. The second kappa shape index (κ2) is 3.29. The highest BCUT2D eigenvalue weighted by molar-refractivity contribution is 7.92. The van der Waals surface area contributed by atoms with Crippen molar-refractivity contribution < 1.29 is 18.3 Å². The van der Waals surface area contributed by atoms with E-state index in [9.17, 15) is 13.5 Å². The van der Waals surface area contributed by atoms with Crippen LogP contribution in [0.15, 0.2) is 35.2 Å². The van der Waals surface area contributed by atoms with Gasteiger partial charge in [0, 0.05) is 6.42 Å². The summed E-state index contributed by atoms with van der Waals surface area (Å²) in [6.07, 6.45) is -0.728. The SMILES string of the molecule is O=S(=O)(c1ccccc1)[C@@H]1[C@H]2O[C@@H]2C[C@H]1O. The molecule has 0 unspecified atom stereocenters. The minimum atomic E-state index is -3.47. The molecule has 1 N–H and O–H groups in total. The molecule has 16 heavy (non-hydrogen) atoms. The molecule has 1 aliphatic heterocycles. The molecule has 86 valence electrons. The number of fused-ring (bicyclic) bond motifs is 1. The van der Waals surface area contributed by atoms with Crippen molar-refractivity contribution in [3.63, 3.8) is 0 Å². The van der Waals surface area contributed by atoms with Gasteiger partial charge in [0.25, 0.3) is 0 Å². The summed E-state index contributed by atoms with van der Waals surface area (Å²) in [6.45, 7) is 0. The zero-order valence-corrected chi connectivity index (χ0v) is 9.30. The Hall–Kier alpha value is -0.910. The first-order chi connectivity index (χ1) is 7.60. The lowest BCUT2D eigenvalue weighted by Gasteiger charge is -2.17. The molecule has 1 saturated heterocycles. The minimum absolute atomic E-state index is 0.0570. The van der Waals surface area contributed by atoms with Gasteiger partial charge in [-0.1, -0.05) is 18.2 Å². The zero-order valence-electron chi connectivity index (χ0n) is 8.48. The average Bonchev–Trinajstić information content (AvgIpc) is 2.91. The Labute approximate surface area is 93.8 Å². The monoisotopic (exact) mass is 240 g/mol. The fourth-order valence-electron chi connectivity index (χ4n) is 2.38. The van der Waals surface area contributed by atoms with Gasteiger partial charge in [0.15, 0.2) is 9.84 Å². The zero-order chi connectivity index (χ0) is 11.3. The van der Waals surface area contributed by atoms with E-state index in [1.807, 2.05) is 0 Å². The van der Waals surface area contributed by atoms with Crippen LogP contribution in [0.25, 0.3) is 0 Å². The number of hydrogen-bond acceptors (Lipinski definition) is 4. The first-order valence-corrected chi connectivity index (χ1v) is 6.78. The van der Waals surface area contributed by atoms with Crippen LogP contribution in [0.4, 0.5) is 0 Å². The molecule has 1 aromatic carbocycles. The normalized spacial score (nSPS) is 37.1. The van der Waals surface area contributed by atoms with Crippen LogP contribution in [-0.2, 0) is 14.6 Å². The molecule has 1 aromatic rings. The second-order valence-electron chi connectivity index (χ2n) is 4.26. The second-order valence-corrected chi connectivity index (χ2v) is 6.37. The Morgan fingerprint density at radius 2 is 1.94 bits per heavy atom. The molecule has 0 bridgehead atoms. The molecule has 2 aliphatic rings. The number of benzene rings is 1. The maximum Gasteiger partial charge on any atom is 0.186 e. The highest BCUT2D eigenvalue weighted by atomic mass is 32.2. The van der Waals surface area contributed by atoms with Crippen molar-refractivity contribution in [2.75, 3.05) is 0 Å². The van der Waals surface area contributed by atoms with E-state index in [2.05, 4.69) is 0 Å². The van der Waals surface area contributed by atoms with E-state index < -0.39 is 21.2 Å². The summed E-state index contributed by atoms with van der Waals surface area (Å²) in [5.74, 6) is 0. The summed E-state index contributed by atoms with van der Waals surface area (Å²) < 4.78 is 29.7. The number of sulfone groups is 1. The molecule has 0 amide bonds. The summed E-state index contributed by atoms with van der Waals surface area (Å²) in [6, 6.07) is 8.23. The maximum absolute atomic E-state index is 12.2. The predicted octanol–water partition coefficient (Wildman–Crippen LogP) is 0.361. The molecule has 1 heterocycles. The quantitative estimate of drug-likeness (QED) is 0.758. The van der Waals surface area contributed by atoms with Crippen molar-refractivity contribution in [2.24, 2.45) is 0 Å². The van der Waals surface area contributed by atoms with Crippen LogP contribution < -0.4 is 0 Å². The van der Waals surface area contributed by atoms with Crippen LogP contribution in [0, 0.1) is 0 Å². The number of epoxide rings is 1. The van der Waals surface area contributed by atoms with E-state index in [-0.39, 0.29) is 17.1 Å². The Kier molecular flexibility index (Phi) is 2.11. The lowest BCUT2D eigenvalue weighted by molar-refractivity contribution is 0.132. The lowest BCUT2D eigenvalue weighted by Crippen LogP contribution is -2.34. The van der Waals surface area contributed by atoms with Crippen LogP contribution in [0.5, 0.6) is 0 Å². The summed E-state index contributed by atoms with van der Waals surface area (Å²) >= 11 is 0.